The number of rotatable bonds is 8. The van der Waals surface area contributed by atoms with Crippen molar-refractivity contribution in [2.24, 2.45) is 10.2 Å². The molecule has 3 aromatic rings. The highest BCUT2D eigenvalue weighted by Gasteiger charge is 2.07. The summed E-state index contributed by atoms with van der Waals surface area (Å²) in [5.41, 5.74) is 0.480. The molecule has 0 unspecified atom stereocenters. The van der Waals surface area contributed by atoms with Crippen LogP contribution in [0.3, 0.4) is 0 Å². The fourth-order valence-electron chi connectivity index (χ4n) is 2.20. The van der Waals surface area contributed by atoms with Crippen molar-refractivity contribution in [1.82, 2.24) is 9.97 Å². The first-order valence-electron chi connectivity index (χ1n) is 8.37. The van der Waals surface area contributed by atoms with Gasteiger partial charge in [-0.25, -0.2) is 9.37 Å². The molecule has 0 saturated heterocycles. The summed E-state index contributed by atoms with van der Waals surface area (Å²) in [6.07, 6.45) is 1.00. The zero-order valence-electron chi connectivity index (χ0n) is 15.0. The number of nitrogens with zero attached hydrogens (tertiary/aromatic N) is 4. The number of methoxy groups -OCH3 is 1. The Morgan fingerprint density at radius 1 is 1.14 bits per heavy atom. The first kappa shape index (κ1) is 19.0. The van der Waals surface area contributed by atoms with Crippen molar-refractivity contribution in [1.29, 1.82) is 0 Å². The van der Waals surface area contributed by atoms with E-state index in [9.17, 15) is 9.50 Å². The van der Waals surface area contributed by atoms with Gasteiger partial charge in [0.05, 0.1) is 19.9 Å². The fraction of sp³-hybridized carbons (Fsp3) is 0.158. The Morgan fingerprint density at radius 2 is 1.93 bits per heavy atom. The van der Waals surface area contributed by atoms with Crippen LogP contribution in [0, 0.1) is 5.82 Å². The molecule has 1 aromatic heterocycles. The normalized spacial score (nSPS) is 10.8. The monoisotopic (exact) mass is 383 g/mol. The Bertz CT molecular complexity index is 951. The van der Waals surface area contributed by atoms with Crippen molar-refractivity contribution < 1.29 is 19.0 Å². The van der Waals surface area contributed by atoms with Crippen LogP contribution in [0.5, 0.6) is 17.2 Å². The van der Waals surface area contributed by atoms with Gasteiger partial charge in [-0.3, -0.25) is 0 Å². The molecule has 2 N–H and O–H groups in total. The lowest BCUT2D eigenvalue weighted by Crippen LogP contribution is -2.01. The van der Waals surface area contributed by atoms with E-state index in [0.717, 1.165) is 11.9 Å². The Balaban J connectivity index is 1.54. The standard InChI is InChI=1S/C19H18FN5O3/c1-27-15-5-7-16(8-6-15)28-10-9-22-25-19-21-12-17(20)18(24-19)23-13-3-2-4-14(26)11-13/h2-8,11-12,26H,9-10H2,1H3,(H,21,23,24). The number of nitrogens with one attached hydrogen (secondary N) is 1. The molecule has 0 bridgehead atoms. The average molecular weight is 383 g/mol. The summed E-state index contributed by atoms with van der Waals surface area (Å²) in [7, 11) is 1.60. The number of phenolic OH excluding ortho intramolecular Hbond substituents is 1. The molecule has 0 aliphatic heterocycles. The molecule has 0 aliphatic rings. The fourth-order valence-corrected chi connectivity index (χ4v) is 2.20. The van der Waals surface area contributed by atoms with Crippen molar-refractivity contribution in [2.45, 2.75) is 0 Å². The smallest absolute Gasteiger partial charge is 0.270 e. The summed E-state index contributed by atoms with van der Waals surface area (Å²) >= 11 is 0. The van der Waals surface area contributed by atoms with Crippen LogP contribution in [0.4, 0.5) is 21.8 Å². The number of hydrogen-bond acceptors (Lipinski definition) is 8. The van der Waals surface area contributed by atoms with Gasteiger partial charge in [0.25, 0.3) is 5.95 Å². The first-order chi connectivity index (χ1) is 13.6. The average Bonchev–Trinajstić information content (AvgIpc) is 2.70. The Kier molecular flexibility index (Phi) is 6.29. The summed E-state index contributed by atoms with van der Waals surface area (Å²) in [5.74, 6) is 0.779. The van der Waals surface area contributed by atoms with E-state index in [2.05, 4.69) is 25.5 Å². The van der Waals surface area contributed by atoms with Gasteiger partial charge in [0.15, 0.2) is 11.6 Å². The van der Waals surface area contributed by atoms with Crippen molar-refractivity contribution in [2.75, 3.05) is 25.6 Å². The molecule has 2 aromatic carbocycles. The largest absolute Gasteiger partial charge is 0.508 e. The summed E-state index contributed by atoms with van der Waals surface area (Å²) in [6, 6.07) is 13.4. The van der Waals surface area contributed by atoms with Crippen molar-refractivity contribution in [3.05, 3.63) is 60.5 Å². The second-order valence-corrected chi connectivity index (χ2v) is 5.53. The molecule has 0 aliphatic carbocycles. The Hall–Kier alpha value is -3.75. The van der Waals surface area contributed by atoms with Gasteiger partial charge in [0, 0.05) is 11.8 Å². The predicted molar refractivity (Wildman–Crippen MR) is 101 cm³/mol. The molecule has 1 heterocycles. The summed E-state index contributed by atoms with van der Waals surface area (Å²) in [6.45, 7) is 0.591. The molecule has 3 rings (SSSR count). The maximum absolute atomic E-state index is 13.9. The topological polar surface area (TPSA) is 101 Å². The molecule has 0 atom stereocenters. The summed E-state index contributed by atoms with van der Waals surface area (Å²) < 4.78 is 24.5. The molecule has 0 spiro atoms. The third kappa shape index (κ3) is 5.37. The minimum Gasteiger partial charge on any atom is -0.508 e. The quantitative estimate of drug-likeness (QED) is 0.446. The summed E-state index contributed by atoms with van der Waals surface area (Å²) in [5, 5.41) is 20.1. The number of aromatic nitrogens is 2. The predicted octanol–water partition coefficient (Wildman–Crippen LogP) is 4.24. The molecule has 8 nitrogen and oxygen atoms in total. The zero-order chi connectivity index (χ0) is 19.8. The van der Waals surface area contributed by atoms with E-state index in [-0.39, 0.29) is 24.1 Å². The number of aromatic hydroxyl groups is 1. The second kappa shape index (κ2) is 9.26. The maximum atomic E-state index is 13.9. The molecule has 144 valence electrons. The highest BCUT2D eigenvalue weighted by Crippen LogP contribution is 2.22. The highest BCUT2D eigenvalue weighted by atomic mass is 19.1. The number of anilines is 2. The highest BCUT2D eigenvalue weighted by molar-refractivity contribution is 5.58. The Labute approximate surface area is 160 Å². The first-order valence-corrected chi connectivity index (χ1v) is 8.37. The van der Waals surface area contributed by atoms with Crippen LogP contribution in [0.1, 0.15) is 0 Å². The molecule has 0 radical (unpaired) electrons. The van der Waals surface area contributed by atoms with Crippen LogP contribution in [0.2, 0.25) is 0 Å². The number of azo groups is 1. The number of ether oxygens (including phenoxy) is 2. The van der Waals surface area contributed by atoms with Gasteiger partial charge < -0.3 is 19.9 Å². The molecular formula is C19H18FN5O3. The second-order valence-electron chi connectivity index (χ2n) is 5.53. The van der Waals surface area contributed by atoms with Crippen LogP contribution in [0.25, 0.3) is 0 Å². The van der Waals surface area contributed by atoms with Gasteiger partial charge in [-0.15, -0.1) is 5.11 Å². The molecule has 0 saturated carbocycles. The molecule has 28 heavy (non-hydrogen) atoms. The van der Waals surface area contributed by atoms with E-state index in [1.165, 1.54) is 12.1 Å². The molecule has 0 fully saturated rings. The summed E-state index contributed by atoms with van der Waals surface area (Å²) in [4.78, 5) is 7.76. The van der Waals surface area contributed by atoms with Crippen LogP contribution < -0.4 is 14.8 Å². The minimum absolute atomic E-state index is 0.00787. The van der Waals surface area contributed by atoms with Crippen molar-refractivity contribution in [3.63, 3.8) is 0 Å². The van der Waals surface area contributed by atoms with Crippen LogP contribution >= 0.6 is 0 Å². The van der Waals surface area contributed by atoms with Gasteiger partial charge >= 0.3 is 0 Å². The third-order valence-corrected chi connectivity index (χ3v) is 3.52. The van der Waals surface area contributed by atoms with Crippen molar-refractivity contribution in [3.8, 4) is 17.2 Å². The van der Waals surface area contributed by atoms with Gasteiger partial charge in [-0.1, -0.05) is 6.07 Å². The van der Waals surface area contributed by atoms with Gasteiger partial charge in [0.1, 0.15) is 23.9 Å². The lowest BCUT2D eigenvalue weighted by atomic mass is 10.3. The van der Waals surface area contributed by atoms with E-state index in [1.54, 1.807) is 43.5 Å². The van der Waals surface area contributed by atoms with Gasteiger partial charge in [-0.2, -0.15) is 10.1 Å². The molecule has 9 heteroatoms. The van der Waals surface area contributed by atoms with E-state index in [1.807, 2.05) is 0 Å². The SMILES string of the molecule is COc1ccc(OCCN=Nc2ncc(F)c(Nc3cccc(O)c3)n2)cc1. The van der Waals surface area contributed by atoms with E-state index in [0.29, 0.717) is 18.0 Å². The van der Waals surface area contributed by atoms with Crippen molar-refractivity contribution >= 4 is 17.5 Å². The molecular weight excluding hydrogens is 365 g/mol. The van der Waals surface area contributed by atoms with Gasteiger partial charge in [0.2, 0.25) is 0 Å². The van der Waals surface area contributed by atoms with E-state index in [4.69, 9.17) is 9.47 Å². The van der Waals surface area contributed by atoms with E-state index < -0.39 is 5.82 Å². The van der Waals surface area contributed by atoms with E-state index >= 15 is 0 Å². The van der Waals surface area contributed by atoms with Crippen LogP contribution in [-0.4, -0.2) is 35.3 Å². The van der Waals surface area contributed by atoms with Crippen LogP contribution in [0.15, 0.2) is 65.0 Å². The lowest BCUT2D eigenvalue weighted by molar-refractivity contribution is 0.325. The number of benzene rings is 2. The van der Waals surface area contributed by atoms with Crippen LogP contribution in [-0.2, 0) is 0 Å². The lowest BCUT2D eigenvalue weighted by Gasteiger charge is -2.07. The number of phenols is 1. The zero-order valence-corrected chi connectivity index (χ0v) is 15.0. The number of halogens is 1. The third-order valence-electron chi connectivity index (χ3n) is 3.52. The molecule has 0 amide bonds. The van der Waals surface area contributed by atoms with Gasteiger partial charge in [-0.05, 0) is 36.4 Å². The maximum Gasteiger partial charge on any atom is 0.270 e. The minimum atomic E-state index is -0.648. The Morgan fingerprint density at radius 3 is 2.68 bits per heavy atom. The number of hydrogen-bond donors (Lipinski definition) is 2.